The Bertz CT molecular complexity index is 415. The molecule has 1 saturated heterocycles. The van der Waals surface area contributed by atoms with E-state index in [1.807, 2.05) is 0 Å². The molecule has 0 saturated carbocycles. The Labute approximate surface area is 87.5 Å². The summed E-state index contributed by atoms with van der Waals surface area (Å²) in [4.78, 5) is 22.8. The van der Waals surface area contributed by atoms with Gasteiger partial charge in [-0.3, -0.25) is 9.59 Å². The summed E-state index contributed by atoms with van der Waals surface area (Å²) in [6.45, 7) is 0. The second-order valence-corrected chi connectivity index (χ2v) is 3.60. The summed E-state index contributed by atoms with van der Waals surface area (Å²) in [5.41, 5.74) is 6.99. The predicted octanol–water partition coefficient (Wildman–Crippen LogP) is 0.789. The molecule has 15 heavy (non-hydrogen) atoms. The Hall–Kier alpha value is -1.84. The van der Waals surface area contributed by atoms with Gasteiger partial charge in [0.15, 0.2) is 5.78 Å². The molecule has 1 aromatic carbocycles. The van der Waals surface area contributed by atoms with E-state index in [1.165, 1.54) is 0 Å². The number of carbonyl (C=O) groups is 2. The summed E-state index contributed by atoms with van der Waals surface area (Å²) >= 11 is 0. The maximum Gasteiger partial charge on any atom is 0.221 e. The summed E-state index contributed by atoms with van der Waals surface area (Å²) in [5.74, 6) is -0.0737. The minimum atomic E-state index is -0.563. The number of anilines is 1. The molecule has 0 bridgehead atoms. The number of benzene rings is 1. The van der Waals surface area contributed by atoms with Crippen LogP contribution in [0.3, 0.4) is 0 Å². The minimum Gasteiger partial charge on any atom is -0.398 e. The summed E-state index contributed by atoms with van der Waals surface area (Å²) in [6, 6.07) is 6.54. The van der Waals surface area contributed by atoms with E-state index in [0.717, 1.165) is 0 Å². The van der Waals surface area contributed by atoms with Gasteiger partial charge in [-0.2, -0.15) is 0 Å². The van der Waals surface area contributed by atoms with Crippen LogP contribution in [0.15, 0.2) is 24.3 Å². The van der Waals surface area contributed by atoms with Crippen LogP contribution in [0.25, 0.3) is 0 Å². The smallest absolute Gasteiger partial charge is 0.221 e. The van der Waals surface area contributed by atoms with Crippen molar-refractivity contribution < 1.29 is 9.59 Å². The third-order valence-electron chi connectivity index (χ3n) is 2.53. The molecule has 1 aliphatic heterocycles. The van der Waals surface area contributed by atoms with Crippen LogP contribution in [0, 0.1) is 0 Å². The van der Waals surface area contributed by atoms with Crippen LogP contribution >= 0.6 is 0 Å². The van der Waals surface area contributed by atoms with E-state index < -0.39 is 6.04 Å². The number of Topliss-reactive ketones (excluding diaryl/α,β-unsaturated/α-hetero) is 1. The van der Waals surface area contributed by atoms with Gasteiger partial charge in [-0.15, -0.1) is 0 Å². The predicted molar refractivity (Wildman–Crippen MR) is 56.0 cm³/mol. The molecule has 4 nitrogen and oxygen atoms in total. The van der Waals surface area contributed by atoms with E-state index in [1.54, 1.807) is 24.3 Å². The first-order valence-electron chi connectivity index (χ1n) is 4.85. The van der Waals surface area contributed by atoms with Crippen molar-refractivity contribution in [2.24, 2.45) is 0 Å². The number of nitrogen functional groups attached to an aromatic ring is 1. The van der Waals surface area contributed by atoms with Gasteiger partial charge in [0.05, 0.1) is 0 Å². The number of piperidine rings is 1. The molecular formula is C11H12N2O2. The molecule has 0 radical (unpaired) electrons. The van der Waals surface area contributed by atoms with Crippen LogP contribution in [0.5, 0.6) is 0 Å². The first-order chi connectivity index (χ1) is 7.18. The highest BCUT2D eigenvalue weighted by Gasteiger charge is 2.28. The Morgan fingerprint density at radius 1 is 1.20 bits per heavy atom. The normalized spacial score (nSPS) is 21.2. The Morgan fingerprint density at radius 2 is 1.93 bits per heavy atom. The average Bonchev–Trinajstić information content (AvgIpc) is 2.23. The van der Waals surface area contributed by atoms with E-state index in [2.05, 4.69) is 5.32 Å². The van der Waals surface area contributed by atoms with Gasteiger partial charge in [-0.1, -0.05) is 18.2 Å². The number of nitrogens with one attached hydrogen (secondary N) is 1. The van der Waals surface area contributed by atoms with E-state index in [9.17, 15) is 9.59 Å². The Balaban J connectivity index is 2.33. The van der Waals surface area contributed by atoms with Gasteiger partial charge in [0.25, 0.3) is 0 Å². The minimum absolute atomic E-state index is 0.0208. The van der Waals surface area contributed by atoms with Gasteiger partial charge in [-0.25, -0.2) is 0 Å². The molecular weight excluding hydrogens is 192 g/mol. The zero-order valence-electron chi connectivity index (χ0n) is 8.19. The molecule has 1 unspecified atom stereocenters. The van der Waals surface area contributed by atoms with Crippen molar-refractivity contribution in [2.45, 2.75) is 18.9 Å². The Kier molecular flexibility index (Phi) is 2.41. The van der Waals surface area contributed by atoms with E-state index in [0.29, 0.717) is 17.7 Å². The van der Waals surface area contributed by atoms with Crippen molar-refractivity contribution >= 4 is 17.4 Å². The van der Waals surface area contributed by atoms with Crippen molar-refractivity contribution in [1.82, 2.24) is 5.32 Å². The molecule has 0 aromatic heterocycles. The summed E-state index contributed by atoms with van der Waals surface area (Å²) in [7, 11) is 0. The molecule has 1 aromatic rings. The monoisotopic (exact) mass is 204 g/mol. The zero-order chi connectivity index (χ0) is 10.8. The van der Waals surface area contributed by atoms with Crippen LogP contribution in [-0.4, -0.2) is 11.7 Å². The third-order valence-corrected chi connectivity index (χ3v) is 2.53. The van der Waals surface area contributed by atoms with Crippen LogP contribution in [0.4, 0.5) is 5.69 Å². The molecule has 0 aliphatic carbocycles. The van der Waals surface area contributed by atoms with Crippen molar-refractivity contribution in [2.75, 3.05) is 5.73 Å². The maximum atomic E-state index is 11.6. The lowest BCUT2D eigenvalue weighted by molar-refractivity contribution is -0.132. The van der Waals surface area contributed by atoms with Gasteiger partial charge in [-0.05, 0) is 6.07 Å². The largest absolute Gasteiger partial charge is 0.398 e. The lowest BCUT2D eigenvalue weighted by Crippen LogP contribution is -2.39. The quantitative estimate of drug-likeness (QED) is 0.664. The highest BCUT2D eigenvalue weighted by atomic mass is 16.2. The van der Waals surface area contributed by atoms with Crippen molar-refractivity contribution in [3.8, 4) is 0 Å². The number of nitrogens with two attached hydrogens (primary N) is 1. The van der Waals surface area contributed by atoms with Gasteiger partial charge in [0.2, 0.25) is 5.91 Å². The second kappa shape index (κ2) is 3.73. The molecule has 4 heteroatoms. The van der Waals surface area contributed by atoms with Gasteiger partial charge >= 0.3 is 0 Å². The van der Waals surface area contributed by atoms with Crippen molar-refractivity contribution in [3.05, 3.63) is 29.8 Å². The van der Waals surface area contributed by atoms with Gasteiger partial charge in [0, 0.05) is 24.1 Å². The SMILES string of the molecule is Nc1ccccc1C1NC(=O)CCC1=O. The van der Waals surface area contributed by atoms with Crippen LogP contribution < -0.4 is 11.1 Å². The summed E-state index contributed by atoms with van der Waals surface area (Å²) < 4.78 is 0. The molecule has 2 rings (SSSR count). The molecule has 1 fully saturated rings. The number of para-hydroxylation sites is 1. The molecule has 78 valence electrons. The van der Waals surface area contributed by atoms with Crippen LogP contribution in [-0.2, 0) is 9.59 Å². The molecule has 1 atom stereocenters. The summed E-state index contributed by atoms with van der Waals surface area (Å²) in [6.07, 6.45) is 0.576. The van der Waals surface area contributed by atoms with E-state index in [-0.39, 0.29) is 18.1 Å². The van der Waals surface area contributed by atoms with Crippen LogP contribution in [0.1, 0.15) is 24.4 Å². The molecule has 1 amide bonds. The van der Waals surface area contributed by atoms with E-state index >= 15 is 0 Å². The van der Waals surface area contributed by atoms with Gasteiger partial charge in [0.1, 0.15) is 6.04 Å². The average molecular weight is 204 g/mol. The first kappa shape index (κ1) is 9.71. The van der Waals surface area contributed by atoms with E-state index in [4.69, 9.17) is 5.73 Å². The molecule has 3 N–H and O–H groups in total. The molecule has 1 heterocycles. The number of carbonyl (C=O) groups excluding carboxylic acids is 2. The zero-order valence-corrected chi connectivity index (χ0v) is 8.19. The lowest BCUT2D eigenvalue weighted by atomic mass is 9.95. The molecule has 1 aliphatic rings. The van der Waals surface area contributed by atoms with Crippen LogP contribution in [0.2, 0.25) is 0 Å². The van der Waals surface area contributed by atoms with Gasteiger partial charge < -0.3 is 11.1 Å². The number of hydrogen-bond acceptors (Lipinski definition) is 3. The standard InChI is InChI=1S/C11H12N2O2/c12-8-4-2-1-3-7(8)11-9(14)5-6-10(15)13-11/h1-4,11H,5-6,12H2,(H,13,15). The topological polar surface area (TPSA) is 72.2 Å². The number of ketones is 1. The fraction of sp³-hybridized carbons (Fsp3) is 0.273. The highest BCUT2D eigenvalue weighted by Crippen LogP contribution is 2.24. The third kappa shape index (κ3) is 1.83. The first-order valence-corrected chi connectivity index (χ1v) is 4.85. The number of amides is 1. The fourth-order valence-electron chi connectivity index (χ4n) is 1.72. The number of rotatable bonds is 1. The fourth-order valence-corrected chi connectivity index (χ4v) is 1.72. The highest BCUT2D eigenvalue weighted by molar-refractivity contribution is 5.96. The van der Waals surface area contributed by atoms with Crippen molar-refractivity contribution in [1.29, 1.82) is 0 Å². The maximum absolute atomic E-state index is 11.6. The Morgan fingerprint density at radius 3 is 2.67 bits per heavy atom. The number of hydrogen-bond donors (Lipinski definition) is 2. The summed E-state index contributed by atoms with van der Waals surface area (Å²) in [5, 5.41) is 2.65. The lowest BCUT2D eigenvalue weighted by Gasteiger charge is -2.23. The second-order valence-electron chi connectivity index (χ2n) is 3.60. The molecule has 0 spiro atoms. The van der Waals surface area contributed by atoms with Crippen molar-refractivity contribution in [3.63, 3.8) is 0 Å².